The Labute approximate surface area is 109 Å². The van der Waals surface area contributed by atoms with E-state index in [1.807, 2.05) is 30.3 Å². The lowest BCUT2D eigenvalue weighted by molar-refractivity contribution is 0.0907. The van der Waals surface area contributed by atoms with Crippen LogP contribution in [0.15, 0.2) is 35.0 Å². The summed E-state index contributed by atoms with van der Waals surface area (Å²) in [5.74, 6) is -0.595. The van der Waals surface area contributed by atoms with Crippen molar-refractivity contribution in [2.24, 2.45) is 0 Å². The van der Waals surface area contributed by atoms with Crippen molar-refractivity contribution in [2.75, 3.05) is 12.3 Å². The number of nitrogen functional groups attached to an aromatic ring is 1. The molecule has 0 fully saturated rings. The Morgan fingerprint density at radius 1 is 1.37 bits per heavy atom. The topological polar surface area (TPSA) is 114 Å². The van der Waals surface area contributed by atoms with Crippen LogP contribution in [0, 0.1) is 0 Å². The van der Waals surface area contributed by atoms with Crippen molar-refractivity contribution in [1.82, 2.24) is 15.6 Å². The van der Waals surface area contributed by atoms with E-state index < -0.39 is 11.9 Å². The monoisotopic (exact) mass is 262 g/mol. The summed E-state index contributed by atoms with van der Waals surface area (Å²) in [6.07, 6.45) is 0.508. The van der Waals surface area contributed by atoms with Gasteiger partial charge in [-0.25, -0.2) is 4.63 Å². The van der Waals surface area contributed by atoms with Crippen molar-refractivity contribution in [3.05, 3.63) is 41.6 Å². The standard InChI is InChI=1S/C12H14N4O3/c13-11-10(15-19-16-11)12(18)14-9(7-17)6-8-4-2-1-3-5-8/h1-5,9,17H,6-7H2,(H2,13,16)(H,14,18)/t9-/m1/s1. The van der Waals surface area contributed by atoms with Crippen LogP contribution in [-0.4, -0.2) is 34.0 Å². The second-order valence-corrected chi connectivity index (χ2v) is 4.04. The first kappa shape index (κ1) is 13.0. The van der Waals surface area contributed by atoms with Crippen LogP contribution in [0.1, 0.15) is 16.1 Å². The molecule has 0 saturated heterocycles. The first-order valence-corrected chi connectivity index (χ1v) is 5.74. The molecule has 1 amide bonds. The van der Waals surface area contributed by atoms with Gasteiger partial charge in [-0.05, 0) is 22.3 Å². The molecule has 0 aliphatic rings. The summed E-state index contributed by atoms with van der Waals surface area (Å²) in [6.45, 7) is -0.189. The van der Waals surface area contributed by atoms with Crippen molar-refractivity contribution in [1.29, 1.82) is 0 Å². The van der Waals surface area contributed by atoms with E-state index in [2.05, 4.69) is 20.3 Å². The molecule has 19 heavy (non-hydrogen) atoms. The molecule has 2 rings (SSSR count). The number of rotatable bonds is 5. The molecule has 100 valence electrons. The first-order valence-electron chi connectivity index (χ1n) is 5.74. The predicted octanol–water partition coefficient (Wildman–Crippen LogP) is -0.0148. The molecule has 0 saturated carbocycles. The summed E-state index contributed by atoms with van der Waals surface area (Å²) in [5, 5.41) is 18.7. The van der Waals surface area contributed by atoms with Crippen LogP contribution >= 0.6 is 0 Å². The molecule has 7 heteroatoms. The number of nitrogens with one attached hydrogen (secondary N) is 1. The fourth-order valence-electron chi connectivity index (χ4n) is 1.67. The number of aliphatic hydroxyl groups excluding tert-OH is 1. The first-order chi connectivity index (χ1) is 9.20. The van der Waals surface area contributed by atoms with Crippen LogP contribution in [0.25, 0.3) is 0 Å². The maximum Gasteiger partial charge on any atom is 0.277 e. The number of aromatic nitrogens is 2. The second kappa shape index (κ2) is 5.96. The molecule has 0 bridgehead atoms. The highest BCUT2D eigenvalue weighted by Crippen LogP contribution is 2.06. The minimum atomic E-state index is -0.520. The molecule has 0 aliphatic carbocycles. The Morgan fingerprint density at radius 2 is 2.11 bits per heavy atom. The number of nitrogens with two attached hydrogens (primary N) is 1. The smallest absolute Gasteiger partial charge is 0.277 e. The van der Waals surface area contributed by atoms with E-state index in [-0.39, 0.29) is 18.1 Å². The quantitative estimate of drug-likeness (QED) is 0.698. The van der Waals surface area contributed by atoms with E-state index in [0.717, 1.165) is 5.56 Å². The lowest BCUT2D eigenvalue weighted by atomic mass is 10.1. The number of hydrogen-bond acceptors (Lipinski definition) is 6. The van der Waals surface area contributed by atoms with Crippen LogP contribution < -0.4 is 11.1 Å². The molecule has 4 N–H and O–H groups in total. The Morgan fingerprint density at radius 3 is 2.68 bits per heavy atom. The zero-order valence-corrected chi connectivity index (χ0v) is 10.1. The van der Waals surface area contributed by atoms with Crippen molar-refractivity contribution >= 4 is 11.7 Å². The number of amides is 1. The maximum atomic E-state index is 11.8. The van der Waals surface area contributed by atoms with Gasteiger partial charge in [0.1, 0.15) is 0 Å². The van der Waals surface area contributed by atoms with Gasteiger partial charge < -0.3 is 16.2 Å². The van der Waals surface area contributed by atoms with Gasteiger partial charge in [0.15, 0.2) is 0 Å². The van der Waals surface area contributed by atoms with E-state index in [9.17, 15) is 9.90 Å². The highest BCUT2D eigenvalue weighted by molar-refractivity contribution is 5.96. The third kappa shape index (κ3) is 3.29. The van der Waals surface area contributed by atoms with Crippen LogP contribution in [0.3, 0.4) is 0 Å². The fraction of sp³-hybridized carbons (Fsp3) is 0.250. The Balaban J connectivity index is 2.00. The van der Waals surface area contributed by atoms with Crippen LogP contribution in [0.2, 0.25) is 0 Å². The predicted molar refractivity (Wildman–Crippen MR) is 67.2 cm³/mol. The highest BCUT2D eigenvalue weighted by atomic mass is 16.6. The number of carbonyl (C=O) groups excluding carboxylic acids is 1. The number of hydrogen-bond donors (Lipinski definition) is 3. The van der Waals surface area contributed by atoms with Gasteiger partial charge >= 0.3 is 0 Å². The van der Waals surface area contributed by atoms with Crippen molar-refractivity contribution in [3.63, 3.8) is 0 Å². The van der Waals surface area contributed by atoms with E-state index in [4.69, 9.17) is 5.73 Å². The summed E-state index contributed by atoms with van der Waals surface area (Å²) >= 11 is 0. The number of carbonyl (C=O) groups is 1. The largest absolute Gasteiger partial charge is 0.394 e. The number of nitrogens with zero attached hydrogens (tertiary/aromatic N) is 2. The SMILES string of the molecule is Nc1nonc1C(=O)N[C@@H](CO)Cc1ccccc1. The zero-order valence-electron chi connectivity index (χ0n) is 10.1. The molecule has 0 radical (unpaired) electrons. The maximum absolute atomic E-state index is 11.8. The minimum Gasteiger partial charge on any atom is -0.394 e. The Kier molecular flexibility index (Phi) is 4.09. The normalized spacial score (nSPS) is 12.1. The van der Waals surface area contributed by atoms with E-state index in [0.29, 0.717) is 6.42 Å². The molecule has 2 aromatic rings. The second-order valence-electron chi connectivity index (χ2n) is 4.04. The molecule has 7 nitrogen and oxygen atoms in total. The molecule has 0 spiro atoms. The van der Waals surface area contributed by atoms with Gasteiger partial charge in [0, 0.05) is 0 Å². The molecule has 1 atom stereocenters. The lowest BCUT2D eigenvalue weighted by Crippen LogP contribution is -2.39. The van der Waals surface area contributed by atoms with Crippen LogP contribution in [0.4, 0.5) is 5.82 Å². The number of anilines is 1. The van der Waals surface area contributed by atoms with E-state index in [1.54, 1.807) is 0 Å². The molecule has 1 heterocycles. The van der Waals surface area contributed by atoms with Gasteiger partial charge in [-0.2, -0.15) is 0 Å². The third-order valence-electron chi connectivity index (χ3n) is 2.61. The number of benzene rings is 1. The molecule has 0 aliphatic heterocycles. The average molecular weight is 262 g/mol. The Hall–Kier alpha value is -2.41. The van der Waals surface area contributed by atoms with Gasteiger partial charge in [0.05, 0.1) is 12.6 Å². The molecule has 1 aromatic carbocycles. The van der Waals surface area contributed by atoms with Gasteiger partial charge in [-0.1, -0.05) is 30.3 Å². The van der Waals surface area contributed by atoms with E-state index >= 15 is 0 Å². The molecular formula is C12H14N4O3. The third-order valence-corrected chi connectivity index (χ3v) is 2.61. The van der Waals surface area contributed by atoms with Gasteiger partial charge in [-0.3, -0.25) is 4.79 Å². The number of aliphatic hydroxyl groups is 1. The van der Waals surface area contributed by atoms with Gasteiger partial charge in [0.2, 0.25) is 11.5 Å². The lowest BCUT2D eigenvalue weighted by Gasteiger charge is -2.15. The molecule has 0 unspecified atom stereocenters. The summed E-state index contributed by atoms with van der Waals surface area (Å²) in [6, 6.07) is 9.10. The average Bonchev–Trinajstić information content (AvgIpc) is 2.85. The summed E-state index contributed by atoms with van der Waals surface area (Å²) < 4.78 is 4.35. The van der Waals surface area contributed by atoms with Crippen molar-refractivity contribution < 1.29 is 14.5 Å². The van der Waals surface area contributed by atoms with E-state index in [1.165, 1.54) is 0 Å². The summed E-state index contributed by atoms with van der Waals surface area (Å²) in [5.41, 5.74) is 6.35. The summed E-state index contributed by atoms with van der Waals surface area (Å²) in [4.78, 5) is 11.8. The minimum absolute atomic E-state index is 0.0751. The molecular weight excluding hydrogens is 248 g/mol. The fourth-order valence-corrected chi connectivity index (χ4v) is 1.67. The van der Waals surface area contributed by atoms with Gasteiger partial charge in [-0.15, -0.1) is 0 Å². The Bertz CT molecular complexity index is 541. The molecule has 1 aromatic heterocycles. The highest BCUT2D eigenvalue weighted by Gasteiger charge is 2.19. The van der Waals surface area contributed by atoms with Crippen molar-refractivity contribution in [2.45, 2.75) is 12.5 Å². The summed E-state index contributed by atoms with van der Waals surface area (Å²) in [7, 11) is 0. The van der Waals surface area contributed by atoms with Crippen LogP contribution in [0.5, 0.6) is 0 Å². The van der Waals surface area contributed by atoms with Crippen LogP contribution in [-0.2, 0) is 6.42 Å². The van der Waals surface area contributed by atoms with Crippen molar-refractivity contribution in [3.8, 4) is 0 Å². The van der Waals surface area contributed by atoms with Gasteiger partial charge in [0.25, 0.3) is 5.91 Å². The zero-order chi connectivity index (χ0) is 13.7.